The lowest BCUT2D eigenvalue weighted by Gasteiger charge is -2.19. The van der Waals surface area contributed by atoms with Gasteiger partial charge in [0.25, 0.3) is 0 Å². The van der Waals surface area contributed by atoms with Gasteiger partial charge in [-0.15, -0.1) is 5.10 Å². The van der Waals surface area contributed by atoms with Crippen LogP contribution in [0.2, 0.25) is 0 Å². The van der Waals surface area contributed by atoms with Gasteiger partial charge in [0.1, 0.15) is 23.1 Å². The lowest BCUT2D eigenvalue weighted by atomic mass is 10.2. The highest BCUT2D eigenvalue weighted by molar-refractivity contribution is 5.92. The van der Waals surface area contributed by atoms with Crippen LogP contribution in [0.1, 0.15) is 23.4 Å². The molecule has 1 aliphatic heterocycles. The van der Waals surface area contributed by atoms with E-state index in [1.54, 1.807) is 0 Å². The van der Waals surface area contributed by atoms with Gasteiger partial charge in [-0.2, -0.15) is 10.2 Å². The SMILES string of the molecule is Cc1nnc(N(C)C)c2nn(-c3ccccc3OC3CCN(Cc4ccccc4)C3)c(C)c12. The predicted octanol–water partition coefficient (Wildman–Crippen LogP) is 4.15. The number of likely N-dealkylation sites (tertiary alicyclic amines) is 1. The van der Waals surface area contributed by atoms with Gasteiger partial charge >= 0.3 is 0 Å². The average Bonchev–Trinajstić information content (AvgIpc) is 3.39. The summed E-state index contributed by atoms with van der Waals surface area (Å²) in [6.07, 6.45) is 1.17. The van der Waals surface area contributed by atoms with Gasteiger partial charge in [0.05, 0.1) is 16.8 Å². The molecule has 0 radical (unpaired) electrons. The van der Waals surface area contributed by atoms with Gasteiger partial charge in [0.2, 0.25) is 0 Å². The van der Waals surface area contributed by atoms with Crippen molar-refractivity contribution in [1.82, 2.24) is 24.9 Å². The first-order valence-electron chi connectivity index (χ1n) is 11.4. The Hall–Kier alpha value is -3.45. The number of ether oxygens (including phenoxy) is 1. The quantitative estimate of drug-likeness (QED) is 0.447. The van der Waals surface area contributed by atoms with Crippen molar-refractivity contribution in [2.75, 3.05) is 32.1 Å². The molecule has 0 aliphatic carbocycles. The summed E-state index contributed by atoms with van der Waals surface area (Å²) in [6.45, 7) is 6.97. The van der Waals surface area contributed by atoms with E-state index in [2.05, 4.69) is 58.4 Å². The first-order valence-corrected chi connectivity index (χ1v) is 11.4. The van der Waals surface area contributed by atoms with E-state index >= 15 is 0 Å². The number of nitrogens with zero attached hydrogens (tertiary/aromatic N) is 6. The molecule has 0 spiro atoms. The summed E-state index contributed by atoms with van der Waals surface area (Å²) in [6, 6.07) is 18.8. The third-order valence-electron chi connectivity index (χ3n) is 6.27. The van der Waals surface area contributed by atoms with Crippen LogP contribution in [-0.4, -0.2) is 58.2 Å². The lowest BCUT2D eigenvalue weighted by molar-refractivity contribution is 0.198. The Morgan fingerprint density at radius 3 is 2.55 bits per heavy atom. The summed E-state index contributed by atoms with van der Waals surface area (Å²) < 4.78 is 8.52. The molecule has 3 heterocycles. The average molecular weight is 443 g/mol. The molecule has 2 aromatic carbocycles. The number of hydrogen-bond acceptors (Lipinski definition) is 6. The summed E-state index contributed by atoms with van der Waals surface area (Å²) in [5.74, 6) is 1.62. The smallest absolute Gasteiger partial charge is 0.179 e. The Morgan fingerprint density at radius 1 is 1.00 bits per heavy atom. The van der Waals surface area contributed by atoms with Crippen molar-refractivity contribution in [3.8, 4) is 11.4 Å². The number of hydrogen-bond donors (Lipinski definition) is 0. The van der Waals surface area contributed by atoms with Crippen molar-refractivity contribution in [3.05, 3.63) is 71.5 Å². The van der Waals surface area contributed by atoms with Crippen LogP contribution in [0.15, 0.2) is 54.6 Å². The highest BCUT2D eigenvalue weighted by Gasteiger charge is 2.26. The second-order valence-corrected chi connectivity index (χ2v) is 8.94. The van der Waals surface area contributed by atoms with Gasteiger partial charge in [-0.1, -0.05) is 42.5 Å². The Kier molecular flexibility index (Phi) is 5.72. The van der Waals surface area contributed by atoms with Crippen molar-refractivity contribution in [2.24, 2.45) is 0 Å². The summed E-state index contributed by atoms with van der Waals surface area (Å²) in [4.78, 5) is 4.41. The van der Waals surface area contributed by atoms with Crippen LogP contribution < -0.4 is 9.64 Å². The maximum atomic E-state index is 6.54. The highest BCUT2D eigenvalue weighted by atomic mass is 16.5. The van der Waals surface area contributed by atoms with E-state index in [0.29, 0.717) is 0 Å². The minimum atomic E-state index is 0.155. The molecule has 5 rings (SSSR count). The molecule has 1 fully saturated rings. The van der Waals surface area contributed by atoms with E-state index in [4.69, 9.17) is 9.84 Å². The minimum Gasteiger partial charge on any atom is -0.487 e. The maximum absolute atomic E-state index is 6.54. The van der Waals surface area contributed by atoms with Crippen molar-refractivity contribution in [3.63, 3.8) is 0 Å². The van der Waals surface area contributed by atoms with Crippen molar-refractivity contribution in [1.29, 1.82) is 0 Å². The molecule has 0 bridgehead atoms. The highest BCUT2D eigenvalue weighted by Crippen LogP contribution is 2.32. The minimum absolute atomic E-state index is 0.155. The normalized spacial score (nSPS) is 16.4. The molecular weight excluding hydrogens is 412 g/mol. The second kappa shape index (κ2) is 8.83. The summed E-state index contributed by atoms with van der Waals surface area (Å²) in [7, 11) is 3.93. The van der Waals surface area contributed by atoms with Crippen LogP contribution in [0.5, 0.6) is 5.75 Å². The molecule has 1 unspecified atom stereocenters. The van der Waals surface area contributed by atoms with Crippen LogP contribution >= 0.6 is 0 Å². The molecule has 33 heavy (non-hydrogen) atoms. The summed E-state index contributed by atoms with van der Waals surface area (Å²) in [5, 5.41) is 14.7. The molecule has 7 heteroatoms. The number of para-hydroxylation sites is 2. The Labute approximate surface area is 194 Å². The first kappa shape index (κ1) is 21.4. The zero-order valence-corrected chi connectivity index (χ0v) is 19.7. The number of rotatable bonds is 6. The van der Waals surface area contributed by atoms with Crippen LogP contribution in [0, 0.1) is 13.8 Å². The zero-order chi connectivity index (χ0) is 22.9. The standard InChI is InChI=1S/C26H30N6O/c1-18-24-19(2)32(29-25(24)26(28-27-18)30(3)4)22-12-8-9-13-23(22)33-21-14-15-31(17-21)16-20-10-6-5-7-11-20/h5-13,21H,14-17H2,1-4H3. The maximum Gasteiger partial charge on any atom is 0.179 e. The largest absolute Gasteiger partial charge is 0.487 e. The summed E-state index contributed by atoms with van der Waals surface area (Å²) >= 11 is 0. The molecule has 0 N–H and O–H groups in total. The van der Waals surface area contributed by atoms with E-state index in [1.807, 2.05) is 48.8 Å². The van der Waals surface area contributed by atoms with Crippen LogP contribution in [0.4, 0.5) is 5.82 Å². The zero-order valence-electron chi connectivity index (χ0n) is 19.7. The Balaban J connectivity index is 1.42. The fourth-order valence-electron chi connectivity index (χ4n) is 4.64. The predicted molar refractivity (Wildman–Crippen MR) is 131 cm³/mol. The van der Waals surface area contributed by atoms with Crippen LogP contribution in [-0.2, 0) is 6.54 Å². The lowest BCUT2D eigenvalue weighted by Crippen LogP contribution is -2.25. The molecule has 1 atom stereocenters. The molecule has 0 saturated carbocycles. The molecule has 0 amide bonds. The fraction of sp³-hybridized carbons (Fsp3) is 0.346. The van der Waals surface area contributed by atoms with E-state index in [9.17, 15) is 0 Å². The van der Waals surface area contributed by atoms with Gasteiger partial charge in [-0.05, 0) is 38.0 Å². The number of aryl methyl sites for hydroxylation is 2. The molecule has 2 aromatic heterocycles. The number of benzene rings is 2. The third kappa shape index (κ3) is 4.16. The molecule has 1 saturated heterocycles. The topological polar surface area (TPSA) is 59.3 Å². The Morgan fingerprint density at radius 2 is 1.76 bits per heavy atom. The van der Waals surface area contributed by atoms with E-state index in [1.165, 1.54) is 5.56 Å². The van der Waals surface area contributed by atoms with Gasteiger partial charge in [-0.3, -0.25) is 4.90 Å². The van der Waals surface area contributed by atoms with E-state index in [-0.39, 0.29) is 6.10 Å². The van der Waals surface area contributed by atoms with Gasteiger partial charge in [0.15, 0.2) is 5.82 Å². The number of aromatic nitrogens is 4. The molecule has 1 aliphatic rings. The monoisotopic (exact) mass is 442 g/mol. The first-order chi connectivity index (χ1) is 16.0. The van der Waals surface area contributed by atoms with Crippen molar-refractivity contribution < 1.29 is 4.74 Å². The van der Waals surface area contributed by atoms with Crippen LogP contribution in [0.25, 0.3) is 16.6 Å². The van der Waals surface area contributed by atoms with E-state index in [0.717, 1.165) is 65.6 Å². The van der Waals surface area contributed by atoms with Gasteiger partial charge < -0.3 is 9.64 Å². The number of anilines is 1. The molecule has 4 aromatic rings. The molecule has 170 valence electrons. The van der Waals surface area contributed by atoms with Crippen molar-refractivity contribution >= 4 is 16.7 Å². The molecule has 7 nitrogen and oxygen atoms in total. The second-order valence-electron chi connectivity index (χ2n) is 8.94. The van der Waals surface area contributed by atoms with E-state index < -0.39 is 0 Å². The molecular formula is C26H30N6O. The summed E-state index contributed by atoms with van der Waals surface area (Å²) in [5.41, 5.74) is 5.05. The van der Waals surface area contributed by atoms with Gasteiger partial charge in [-0.25, -0.2) is 4.68 Å². The van der Waals surface area contributed by atoms with Crippen molar-refractivity contribution in [2.45, 2.75) is 32.9 Å². The van der Waals surface area contributed by atoms with Gasteiger partial charge in [0, 0.05) is 33.7 Å². The Bertz CT molecular complexity index is 1270. The number of fused-ring (bicyclic) bond motifs is 1. The third-order valence-corrected chi connectivity index (χ3v) is 6.27. The fourth-order valence-corrected chi connectivity index (χ4v) is 4.64. The van der Waals surface area contributed by atoms with Crippen LogP contribution in [0.3, 0.4) is 0 Å².